The molecule has 1 unspecified atom stereocenters. The van der Waals surface area contributed by atoms with Crippen LogP contribution in [0.1, 0.15) is 19.3 Å². The second-order valence-corrected chi connectivity index (χ2v) is 4.72. The van der Waals surface area contributed by atoms with Crippen LogP contribution >= 0.6 is 0 Å². The lowest BCUT2D eigenvalue weighted by atomic mass is 10.1. The molecule has 2 aliphatic heterocycles. The Labute approximate surface area is 107 Å². The molecule has 0 radical (unpaired) electrons. The van der Waals surface area contributed by atoms with E-state index in [1.54, 1.807) is 4.90 Å². The van der Waals surface area contributed by atoms with Crippen LogP contribution in [0.15, 0.2) is 0 Å². The lowest BCUT2D eigenvalue weighted by Crippen LogP contribution is -2.51. The molecule has 1 atom stereocenters. The van der Waals surface area contributed by atoms with Gasteiger partial charge in [0.05, 0.1) is 13.2 Å². The van der Waals surface area contributed by atoms with E-state index in [0.717, 1.165) is 12.8 Å². The number of nitrogens with two attached hydrogens (primary N) is 1. The summed E-state index contributed by atoms with van der Waals surface area (Å²) in [4.78, 5) is 27.8. The van der Waals surface area contributed by atoms with Crippen LogP contribution in [0.2, 0.25) is 0 Å². The van der Waals surface area contributed by atoms with Gasteiger partial charge in [0.2, 0.25) is 11.8 Å². The smallest absolute Gasteiger partial charge is 0.245 e. The molecule has 2 heterocycles. The molecule has 2 amide bonds. The van der Waals surface area contributed by atoms with E-state index >= 15 is 0 Å². The second kappa shape index (κ2) is 6.15. The van der Waals surface area contributed by atoms with Crippen molar-refractivity contribution in [1.82, 2.24) is 9.80 Å². The van der Waals surface area contributed by atoms with E-state index in [-0.39, 0.29) is 17.9 Å². The summed E-state index contributed by atoms with van der Waals surface area (Å²) in [7, 11) is 0. The zero-order valence-electron chi connectivity index (χ0n) is 10.6. The Balaban J connectivity index is 1.97. The number of rotatable bonds is 3. The maximum Gasteiger partial charge on any atom is 0.245 e. The van der Waals surface area contributed by atoms with Crippen molar-refractivity contribution in [3.8, 4) is 0 Å². The van der Waals surface area contributed by atoms with Crippen molar-refractivity contribution in [2.75, 3.05) is 39.4 Å². The van der Waals surface area contributed by atoms with Gasteiger partial charge in [-0.15, -0.1) is 0 Å². The van der Waals surface area contributed by atoms with Gasteiger partial charge in [-0.05, 0) is 12.8 Å². The Morgan fingerprint density at radius 2 is 1.94 bits per heavy atom. The molecule has 18 heavy (non-hydrogen) atoms. The fraction of sp³-hybridized carbons (Fsp3) is 0.833. The SMILES string of the molecule is NCCC(=O)N1CCCC1C(=O)N1CCOCC1. The third-order valence-corrected chi connectivity index (χ3v) is 3.54. The molecule has 2 aliphatic rings. The van der Waals surface area contributed by atoms with E-state index in [4.69, 9.17) is 10.5 Å². The van der Waals surface area contributed by atoms with Gasteiger partial charge < -0.3 is 20.3 Å². The van der Waals surface area contributed by atoms with E-state index < -0.39 is 0 Å². The highest BCUT2D eigenvalue weighted by Crippen LogP contribution is 2.20. The van der Waals surface area contributed by atoms with Crippen LogP contribution in [0.25, 0.3) is 0 Å². The van der Waals surface area contributed by atoms with E-state index in [2.05, 4.69) is 0 Å². The number of morpholine rings is 1. The summed E-state index contributed by atoms with van der Waals surface area (Å²) in [6.07, 6.45) is 2.00. The Kier molecular flexibility index (Phi) is 4.54. The predicted octanol–water partition coefficient (Wildman–Crippen LogP) is -0.815. The predicted molar refractivity (Wildman–Crippen MR) is 65.8 cm³/mol. The molecular formula is C12H21N3O3. The number of carbonyl (C=O) groups excluding carboxylic acids is 2. The quantitative estimate of drug-likeness (QED) is 0.715. The average Bonchev–Trinajstić information content (AvgIpc) is 2.88. The molecule has 2 saturated heterocycles. The zero-order chi connectivity index (χ0) is 13.0. The normalized spacial score (nSPS) is 24.4. The van der Waals surface area contributed by atoms with Gasteiger partial charge in [-0.3, -0.25) is 9.59 Å². The summed E-state index contributed by atoms with van der Waals surface area (Å²) in [5.41, 5.74) is 5.40. The van der Waals surface area contributed by atoms with Gasteiger partial charge in [-0.25, -0.2) is 0 Å². The molecule has 6 heteroatoms. The van der Waals surface area contributed by atoms with Crippen LogP contribution in [0.4, 0.5) is 0 Å². The monoisotopic (exact) mass is 255 g/mol. The van der Waals surface area contributed by atoms with Gasteiger partial charge in [-0.1, -0.05) is 0 Å². The number of nitrogens with zero attached hydrogens (tertiary/aromatic N) is 2. The number of hydrogen-bond donors (Lipinski definition) is 1. The van der Waals surface area contributed by atoms with Gasteiger partial charge in [0, 0.05) is 32.6 Å². The Bertz CT molecular complexity index is 316. The summed E-state index contributed by atoms with van der Waals surface area (Å²) in [6.45, 7) is 3.47. The Morgan fingerprint density at radius 1 is 1.22 bits per heavy atom. The molecule has 2 fully saturated rings. The summed E-state index contributed by atoms with van der Waals surface area (Å²) in [5, 5.41) is 0. The third-order valence-electron chi connectivity index (χ3n) is 3.54. The lowest BCUT2D eigenvalue weighted by Gasteiger charge is -2.32. The zero-order valence-corrected chi connectivity index (χ0v) is 10.6. The number of amides is 2. The van der Waals surface area contributed by atoms with Crippen LogP contribution in [-0.2, 0) is 14.3 Å². The van der Waals surface area contributed by atoms with Gasteiger partial charge in [0.1, 0.15) is 6.04 Å². The fourth-order valence-electron chi connectivity index (χ4n) is 2.58. The highest BCUT2D eigenvalue weighted by Gasteiger charge is 2.36. The Hall–Kier alpha value is -1.14. The van der Waals surface area contributed by atoms with Crippen molar-refractivity contribution >= 4 is 11.8 Å². The summed E-state index contributed by atoms with van der Waals surface area (Å²) < 4.78 is 5.23. The minimum absolute atomic E-state index is 0.00149. The van der Waals surface area contributed by atoms with Crippen molar-refractivity contribution in [3.63, 3.8) is 0 Å². The van der Waals surface area contributed by atoms with Crippen LogP contribution in [0.5, 0.6) is 0 Å². The van der Waals surface area contributed by atoms with E-state index in [1.807, 2.05) is 4.90 Å². The van der Waals surface area contributed by atoms with Crippen molar-refractivity contribution in [2.45, 2.75) is 25.3 Å². The minimum atomic E-state index is -0.276. The third kappa shape index (κ3) is 2.81. The van der Waals surface area contributed by atoms with Crippen molar-refractivity contribution in [1.29, 1.82) is 0 Å². The molecule has 0 aliphatic carbocycles. The number of likely N-dealkylation sites (tertiary alicyclic amines) is 1. The fourth-order valence-corrected chi connectivity index (χ4v) is 2.58. The molecule has 0 aromatic rings. The minimum Gasteiger partial charge on any atom is -0.378 e. The first kappa shape index (κ1) is 13.3. The van der Waals surface area contributed by atoms with Crippen LogP contribution < -0.4 is 5.73 Å². The summed E-state index contributed by atoms with van der Waals surface area (Å²) in [6, 6.07) is -0.276. The maximum atomic E-state index is 12.4. The van der Waals surface area contributed by atoms with Gasteiger partial charge in [0.15, 0.2) is 0 Å². The Morgan fingerprint density at radius 3 is 2.61 bits per heavy atom. The molecule has 6 nitrogen and oxygen atoms in total. The highest BCUT2D eigenvalue weighted by molar-refractivity contribution is 5.88. The average molecular weight is 255 g/mol. The topological polar surface area (TPSA) is 75.9 Å². The van der Waals surface area contributed by atoms with Gasteiger partial charge >= 0.3 is 0 Å². The molecule has 0 bridgehead atoms. The van der Waals surface area contributed by atoms with E-state index in [9.17, 15) is 9.59 Å². The molecule has 2 rings (SSSR count). The summed E-state index contributed by atoms with van der Waals surface area (Å²) in [5.74, 6) is 0.0720. The standard InChI is InChI=1S/C12H21N3O3/c13-4-3-11(16)15-5-1-2-10(15)12(17)14-6-8-18-9-7-14/h10H,1-9,13H2. The number of ether oxygens (including phenoxy) is 1. The molecule has 0 aromatic heterocycles. The van der Waals surface area contributed by atoms with E-state index in [1.165, 1.54) is 0 Å². The number of carbonyl (C=O) groups is 2. The van der Waals surface area contributed by atoms with Gasteiger partial charge in [-0.2, -0.15) is 0 Å². The van der Waals surface area contributed by atoms with Crippen molar-refractivity contribution in [2.24, 2.45) is 5.73 Å². The van der Waals surface area contributed by atoms with E-state index in [0.29, 0.717) is 45.8 Å². The first-order valence-electron chi connectivity index (χ1n) is 6.60. The van der Waals surface area contributed by atoms with Crippen LogP contribution in [-0.4, -0.2) is 67.0 Å². The number of hydrogen-bond acceptors (Lipinski definition) is 4. The molecule has 0 spiro atoms. The maximum absolute atomic E-state index is 12.4. The van der Waals surface area contributed by atoms with Crippen molar-refractivity contribution in [3.05, 3.63) is 0 Å². The molecule has 0 saturated carbocycles. The highest BCUT2D eigenvalue weighted by atomic mass is 16.5. The summed E-state index contributed by atoms with van der Waals surface area (Å²) >= 11 is 0. The molecular weight excluding hydrogens is 234 g/mol. The molecule has 0 aromatic carbocycles. The van der Waals surface area contributed by atoms with Gasteiger partial charge in [0.25, 0.3) is 0 Å². The first-order valence-corrected chi connectivity index (χ1v) is 6.60. The first-order chi connectivity index (χ1) is 8.74. The molecule has 2 N–H and O–H groups in total. The largest absolute Gasteiger partial charge is 0.378 e. The van der Waals surface area contributed by atoms with Crippen molar-refractivity contribution < 1.29 is 14.3 Å². The van der Waals surface area contributed by atoms with Crippen LogP contribution in [0.3, 0.4) is 0 Å². The van der Waals surface area contributed by atoms with Crippen LogP contribution in [0, 0.1) is 0 Å². The molecule has 102 valence electrons. The second-order valence-electron chi connectivity index (χ2n) is 4.72. The lowest BCUT2D eigenvalue weighted by molar-refractivity contribution is -0.146.